The highest BCUT2D eigenvalue weighted by molar-refractivity contribution is 5.85. The Hall–Kier alpha value is -1.06. The summed E-state index contributed by atoms with van der Waals surface area (Å²) < 4.78 is 0. The molecule has 0 aromatic heterocycles. The predicted octanol–water partition coefficient (Wildman–Crippen LogP) is 2.04. The smallest absolute Gasteiger partial charge is 0.326 e. The van der Waals surface area contributed by atoms with Crippen LogP contribution >= 0.6 is 0 Å². The Morgan fingerprint density at radius 3 is 2.12 bits per heavy atom. The van der Waals surface area contributed by atoms with Crippen molar-refractivity contribution in [2.75, 3.05) is 0 Å². The number of carboxylic acid groups (broad SMARTS) is 1. The first kappa shape index (κ1) is 14.9. The SMILES string of the molecule is CCCC(NC(=O)C(C)C(C)(C)C)C(=O)O. The molecule has 0 heterocycles. The molecule has 16 heavy (non-hydrogen) atoms. The minimum Gasteiger partial charge on any atom is -0.480 e. The van der Waals surface area contributed by atoms with Crippen molar-refractivity contribution in [1.29, 1.82) is 0 Å². The molecule has 0 bridgehead atoms. The zero-order valence-electron chi connectivity index (χ0n) is 10.8. The van der Waals surface area contributed by atoms with Gasteiger partial charge >= 0.3 is 5.97 Å². The van der Waals surface area contributed by atoms with Crippen LogP contribution in [0.5, 0.6) is 0 Å². The fourth-order valence-electron chi connectivity index (χ4n) is 1.24. The number of hydrogen-bond acceptors (Lipinski definition) is 2. The minimum absolute atomic E-state index is 0.153. The lowest BCUT2D eigenvalue weighted by Crippen LogP contribution is -2.45. The fourth-order valence-corrected chi connectivity index (χ4v) is 1.24. The molecule has 2 N–H and O–H groups in total. The molecule has 0 aromatic rings. The Labute approximate surface area is 97.4 Å². The molecule has 2 atom stereocenters. The number of carbonyl (C=O) groups is 2. The molecule has 0 aliphatic heterocycles. The predicted molar refractivity (Wildman–Crippen MR) is 63.1 cm³/mol. The van der Waals surface area contributed by atoms with E-state index < -0.39 is 12.0 Å². The maximum Gasteiger partial charge on any atom is 0.326 e. The summed E-state index contributed by atoms with van der Waals surface area (Å²) >= 11 is 0. The van der Waals surface area contributed by atoms with Crippen molar-refractivity contribution in [3.63, 3.8) is 0 Å². The standard InChI is InChI=1S/C12H23NO3/c1-6-7-9(11(15)16)13-10(14)8(2)12(3,4)5/h8-9H,6-7H2,1-5H3,(H,13,14)(H,15,16). The van der Waals surface area contributed by atoms with Crippen LogP contribution in [0.25, 0.3) is 0 Å². The first-order chi connectivity index (χ1) is 7.20. The third-order valence-corrected chi connectivity index (χ3v) is 2.88. The van der Waals surface area contributed by atoms with Gasteiger partial charge < -0.3 is 10.4 Å². The van der Waals surface area contributed by atoms with Crippen LogP contribution < -0.4 is 5.32 Å². The van der Waals surface area contributed by atoms with E-state index in [0.717, 1.165) is 6.42 Å². The molecule has 0 radical (unpaired) electrons. The van der Waals surface area contributed by atoms with E-state index >= 15 is 0 Å². The Morgan fingerprint density at radius 1 is 1.31 bits per heavy atom. The second-order valence-electron chi connectivity index (χ2n) is 5.28. The van der Waals surface area contributed by atoms with E-state index in [2.05, 4.69) is 5.32 Å². The topological polar surface area (TPSA) is 66.4 Å². The van der Waals surface area contributed by atoms with E-state index in [1.54, 1.807) is 0 Å². The van der Waals surface area contributed by atoms with Gasteiger partial charge in [-0.15, -0.1) is 0 Å². The summed E-state index contributed by atoms with van der Waals surface area (Å²) in [5, 5.41) is 11.5. The van der Waals surface area contributed by atoms with Crippen molar-refractivity contribution in [3.05, 3.63) is 0 Å². The minimum atomic E-state index is -0.962. The largest absolute Gasteiger partial charge is 0.480 e. The lowest BCUT2D eigenvalue weighted by molar-refractivity contribution is -0.143. The normalized spacial score (nSPS) is 15.3. The highest BCUT2D eigenvalue weighted by atomic mass is 16.4. The second kappa shape index (κ2) is 5.87. The molecule has 1 amide bonds. The van der Waals surface area contributed by atoms with E-state index in [0.29, 0.717) is 6.42 Å². The van der Waals surface area contributed by atoms with Crippen molar-refractivity contribution < 1.29 is 14.7 Å². The van der Waals surface area contributed by atoms with Crippen LogP contribution in [0.2, 0.25) is 0 Å². The van der Waals surface area contributed by atoms with Crippen LogP contribution in [0.15, 0.2) is 0 Å². The molecular weight excluding hydrogens is 206 g/mol. The Balaban J connectivity index is 4.46. The van der Waals surface area contributed by atoms with Crippen molar-refractivity contribution in [2.45, 2.75) is 53.5 Å². The van der Waals surface area contributed by atoms with Gasteiger partial charge in [0.1, 0.15) is 6.04 Å². The van der Waals surface area contributed by atoms with Crippen molar-refractivity contribution >= 4 is 11.9 Å². The number of amides is 1. The van der Waals surface area contributed by atoms with Gasteiger partial charge in [-0.05, 0) is 11.8 Å². The van der Waals surface area contributed by atoms with Crippen LogP contribution in [-0.2, 0) is 9.59 Å². The van der Waals surface area contributed by atoms with E-state index in [1.807, 2.05) is 34.6 Å². The Bertz CT molecular complexity index is 255. The summed E-state index contributed by atoms with van der Waals surface area (Å²) in [6.07, 6.45) is 1.21. The zero-order valence-corrected chi connectivity index (χ0v) is 10.8. The van der Waals surface area contributed by atoms with Gasteiger partial charge in [-0.1, -0.05) is 41.0 Å². The van der Waals surface area contributed by atoms with Gasteiger partial charge in [0.05, 0.1) is 0 Å². The molecule has 0 aliphatic rings. The lowest BCUT2D eigenvalue weighted by atomic mass is 9.81. The summed E-state index contributed by atoms with van der Waals surface area (Å²) in [6.45, 7) is 9.61. The third kappa shape index (κ3) is 4.64. The molecule has 2 unspecified atom stereocenters. The molecule has 4 nitrogen and oxygen atoms in total. The van der Waals surface area contributed by atoms with Gasteiger partial charge in [0.25, 0.3) is 0 Å². The summed E-state index contributed by atoms with van der Waals surface area (Å²) in [4.78, 5) is 22.7. The van der Waals surface area contributed by atoms with Crippen molar-refractivity contribution in [3.8, 4) is 0 Å². The Kier molecular flexibility index (Phi) is 5.48. The van der Waals surface area contributed by atoms with Gasteiger partial charge in [0, 0.05) is 5.92 Å². The molecular formula is C12H23NO3. The fraction of sp³-hybridized carbons (Fsp3) is 0.833. The molecule has 0 spiro atoms. The number of rotatable bonds is 5. The summed E-state index contributed by atoms with van der Waals surface area (Å²) in [7, 11) is 0. The molecule has 94 valence electrons. The van der Waals surface area contributed by atoms with Gasteiger partial charge in [-0.3, -0.25) is 4.79 Å². The lowest BCUT2D eigenvalue weighted by Gasteiger charge is -2.27. The van der Waals surface area contributed by atoms with Crippen LogP contribution in [-0.4, -0.2) is 23.0 Å². The number of carboxylic acids is 1. The zero-order chi connectivity index (χ0) is 12.9. The van der Waals surface area contributed by atoms with E-state index in [-0.39, 0.29) is 17.2 Å². The number of nitrogens with one attached hydrogen (secondary N) is 1. The van der Waals surface area contributed by atoms with Crippen molar-refractivity contribution in [1.82, 2.24) is 5.32 Å². The molecule has 0 saturated heterocycles. The summed E-state index contributed by atoms with van der Waals surface area (Å²) in [6, 6.07) is -0.762. The first-order valence-electron chi connectivity index (χ1n) is 5.73. The van der Waals surface area contributed by atoms with Crippen molar-refractivity contribution in [2.24, 2.45) is 11.3 Å². The van der Waals surface area contributed by atoms with Crippen LogP contribution in [0.1, 0.15) is 47.5 Å². The Morgan fingerprint density at radius 2 is 1.81 bits per heavy atom. The molecule has 0 rings (SSSR count). The average molecular weight is 229 g/mol. The maximum absolute atomic E-state index is 11.8. The third-order valence-electron chi connectivity index (χ3n) is 2.88. The maximum atomic E-state index is 11.8. The average Bonchev–Trinajstić information content (AvgIpc) is 2.14. The molecule has 0 fully saturated rings. The van der Waals surface area contributed by atoms with Crippen LogP contribution in [0, 0.1) is 11.3 Å². The van der Waals surface area contributed by atoms with Gasteiger partial charge in [0.15, 0.2) is 0 Å². The number of carbonyl (C=O) groups excluding carboxylic acids is 1. The number of hydrogen-bond donors (Lipinski definition) is 2. The van der Waals surface area contributed by atoms with Gasteiger partial charge in [-0.25, -0.2) is 4.79 Å². The van der Waals surface area contributed by atoms with Gasteiger partial charge in [0.2, 0.25) is 5.91 Å². The number of aliphatic carboxylic acids is 1. The second-order valence-corrected chi connectivity index (χ2v) is 5.28. The van der Waals surface area contributed by atoms with Crippen LogP contribution in [0.3, 0.4) is 0 Å². The highest BCUT2D eigenvalue weighted by Crippen LogP contribution is 2.25. The van der Waals surface area contributed by atoms with E-state index in [4.69, 9.17) is 5.11 Å². The highest BCUT2D eigenvalue weighted by Gasteiger charge is 2.29. The van der Waals surface area contributed by atoms with E-state index in [9.17, 15) is 9.59 Å². The quantitative estimate of drug-likeness (QED) is 0.758. The van der Waals surface area contributed by atoms with E-state index in [1.165, 1.54) is 0 Å². The molecule has 0 aromatic carbocycles. The van der Waals surface area contributed by atoms with Gasteiger partial charge in [-0.2, -0.15) is 0 Å². The summed E-state index contributed by atoms with van der Waals surface area (Å²) in [5.41, 5.74) is -0.153. The van der Waals surface area contributed by atoms with Crippen LogP contribution in [0.4, 0.5) is 0 Å². The molecule has 0 saturated carbocycles. The molecule has 0 aliphatic carbocycles. The first-order valence-corrected chi connectivity index (χ1v) is 5.73. The molecule has 4 heteroatoms. The summed E-state index contributed by atoms with van der Waals surface area (Å²) in [5.74, 6) is -1.35. The monoisotopic (exact) mass is 229 g/mol.